The van der Waals surface area contributed by atoms with Crippen molar-refractivity contribution in [3.8, 4) is 5.69 Å². The predicted molar refractivity (Wildman–Crippen MR) is 127 cm³/mol. The highest BCUT2D eigenvalue weighted by atomic mass is 32.2. The van der Waals surface area contributed by atoms with Crippen molar-refractivity contribution in [1.29, 1.82) is 0 Å². The van der Waals surface area contributed by atoms with Gasteiger partial charge in [0, 0.05) is 31.7 Å². The van der Waals surface area contributed by atoms with E-state index in [0.717, 1.165) is 41.7 Å². The number of nitrogens with zero attached hydrogens (tertiary/aromatic N) is 3. The monoisotopic (exact) mass is 484 g/mol. The summed E-state index contributed by atoms with van der Waals surface area (Å²) in [7, 11) is -4.00. The minimum Gasteiger partial charge on any atom is -0.375 e. The largest absolute Gasteiger partial charge is 0.375 e. The number of nitrogens with two attached hydrogens (primary N) is 1. The van der Waals surface area contributed by atoms with Crippen LogP contribution in [-0.4, -0.2) is 48.9 Å². The number of ether oxygens (including phenoxy) is 1. The minimum atomic E-state index is -4.00. The number of benzene rings is 2. The standard InChI is InChI=1S/C25H29FN4O3S/c1-17-3-2-4-18(11-17)12-21-13-20(15-29-9-10-33-25(16-29)19-5-6-19)28-30(21)24-8-7-22(14-23(24)26)34(27,31)32/h2-4,7-8,11,13-14,19,25H,5-6,9-10,12,15-16H2,1H3,(H2,27,31,32). The summed E-state index contributed by atoms with van der Waals surface area (Å²) in [5, 5.41) is 9.92. The average molecular weight is 485 g/mol. The van der Waals surface area contributed by atoms with Gasteiger partial charge < -0.3 is 4.74 Å². The van der Waals surface area contributed by atoms with Crippen LogP contribution in [0.1, 0.15) is 35.4 Å². The Morgan fingerprint density at radius 3 is 2.71 bits per heavy atom. The van der Waals surface area contributed by atoms with Crippen molar-refractivity contribution < 1.29 is 17.5 Å². The number of rotatable bonds is 7. The van der Waals surface area contributed by atoms with Gasteiger partial charge in [0.25, 0.3) is 0 Å². The molecule has 1 saturated carbocycles. The molecule has 34 heavy (non-hydrogen) atoms. The number of primary sulfonamides is 1. The van der Waals surface area contributed by atoms with Crippen LogP contribution in [0.25, 0.3) is 5.69 Å². The molecule has 1 atom stereocenters. The van der Waals surface area contributed by atoms with E-state index in [2.05, 4.69) is 11.0 Å². The maximum absolute atomic E-state index is 15.1. The number of aromatic nitrogens is 2. The Morgan fingerprint density at radius 2 is 2.00 bits per heavy atom. The van der Waals surface area contributed by atoms with Gasteiger partial charge in [0.2, 0.25) is 10.0 Å². The Hall–Kier alpha value is -2.59. The van der Waals surface area contributed by atoms with Crippen LogP contribution in [0.4, 0.5) is 4.39 Å². The van der Waals surface area contributed by atoms with E-state index in [-0.39, 0.29) is 16.7 Å². The Kier molecular flexibility index (Phi) is 6.28. The molecule has 3 aromatic rings. The molecule has 1 aliphatic heterocycles. The zero-order valence-electron chi connectivity index (χ0n) is 19.2. The molecule has 5 rings (SSSR count). The van der Waals surface area contributed by atoms with E-state index in [1.54, 1.807) is 4.68 Å². The van der Waals surface area contributed by atoms with Gasteiger partial charge in [-0.05, 0) is 55.5 Å². The van der Waals surface area contributed by atoms with Gasteiger partial charge in [-0.1, -0.05) is 29.8 Å². The zero-order chi connectivity index (χ0) is 23.9. The molecule has 1 aliphatic carbocycles. The summed E-state index contributed by atoms with van der Waals surface area (Å²) in [5.41, 5.74) is 4.10. The van der Waals surface area contributed by atoms with E-state index in [1.807, 2.05) is 31.2 Å². The topological polar surface area (TPSA) is 90.4 Å². The quantitative estimate of drug-likeness (QED) is 0.556. The smallest absolute Gasteiger partial charge is 0.238 e. The number of hydrogen-bond acceptors (Lipinski definition) is 5. The van der Waals surface area contributed by atoms with Gasteiger partial charge in [0.15, 0.2) is 0 Å². The molecule has 2 aliphatic rings. The first-order chi connectivity index (χ1) is 16.3. The lowest BCUT2D eigenvalue weighted by atomic mass is 10.1. The van der Waals surface area contributed by atoms with E-state index < -0.39 is 15.8 Å². The third kappa shape index (κ3) is 5.22. The number of morpholine rings is 1. The molecule has 1 aromatic heterocycles. The van der Waals surface area contributed by atoms with Crippen LogP contribution < -0.4 is 5.14 Å². The van der Waals surface area contributed by atoms with Gasteiger partial charge in [0.1, 0.15) is 11.5 Å². The molecule has 2 N–H and O–H groups in total. The maximum Gasteiger partial charge on any atom is 0.238 e. The summed E-state index contributed by atoms with van der Waals surface area (Å²) in [5.74, 6) is -0.0180. The summed E-state index contributed by atoms with van der Waals surface area (Å²) >= 11 is 0. The highest BCUT2D eigenvalue weighted by Gasteiger charge is 2.35. The maximum atomic E-state index is 15.1. The van der Waals surface area contributed by atoms with Crippen LogP contribution in [0.5, 0.6) is 0 Å². The van der Waals surface area contributed by atoms with Crippen LogP contribution >= 0.6 is 0 Å². The van der Waals surface area contributed by atoms with Crippen LogP contribution in [0.2, 0.25) is 0 Å². The molecule has 2 aromatic carbocycles. The minimum absolute atomic E-state index is 0.194. The highest BCUT2D eigenvalue weighted by Crippen LogP contribution is 2.36. The molecule has 0 bridgehead atoms. The molecule has 2 heterocycles. The Bertz CT molecular complexity index is 1300. The van der Waals surface area contributed by atoms with E-state index in [1.165, 1.54) is 25.0 Å². The van der Waals surface area contributed by atoms with Crippen molar-refractivity contribution >= 4 is 10.0 Å². The van der Waals surface area contributed by atoms with Crippen LogP contribution in [0.3, 0.4) is 0 Å². The molecule has 0 radical (unpaired) electrons. The number of sulfonamides is 1. The summed E-state index contributed by atoms with van der Waals surface area (Å²) in [6.45, 7) is 5.11. The van der Waals surface area contributed by atoms with Gasteiger partial charge >= 0.3 is 0 Å². The van der Waals surface area contributed by atoms with E-state index in [0.29, 0.717) is 25.5 Å². The zero-order valence-corrected chi connectivity index (χ0v) is 20.0. The Balaban J connectivity index is 1.47. The molecule has 2 fully saturated rings. The van der Waals surface area contributed by atoms with E-state index >= 15 is 4.39 Å². The normalized spacial score (nSPS) is 19.4. The van der Waals surface area contributed by atoms with Gasteiger partial charge in [-0.3, -0.25) is 4.90 Å². The van der Waals surface area contributed by atoms with Gasteiger partial charge in [-0.2, -0.15) is 5.10 Å². The van der Waals surface area contributed by atoms with Gasteiger partial charge in [-0.25, -0.2) is 22.6 Å². The lowest BCUT2D eigenvalue weighted by Crippen LogP contribution is -2.42. The molecule has 180 valence electrons. The molecule has 0 amide bonds. The fourth-order valence-electron chi connectivity index (χ4n) is 4.61. The van der Waals surface area contributed by atoms with Gasteiger partial charge in [0.05, 0.1) is 23.3 Å². The SMILES string of the molecule is Cc1cccc(Cc2cc(CN3CCOC(C4CC4)C3)nn2-c2ccc(S(N)(=O)=O)cc2F)c1. The summed E-state index contributed by atoms with van der Waals surface area (Å²) in [6.07, 6.45) is 3.33. The van der Waals surface area contributed by atoms with Crippen LogP contribution in [0, 0.1) is 18.7 Å². The summed E-state index contributed by atoms with van der Waals surface area (Å²) in [6, 6.07) is 13.9. The van der Waals surface area contributed by atoms with Crippen molar-refractivity contribution in [2.45, 2.75) is 43.7 Å². The molecule has 0 spiro atoms. The predicted octanol–water partition coefficient (Wildman–Crippen LogP) is 3.17. The molecule has 7 nitrogen and oxygen atoms in total. The van der Waals surface area contributed by atoms with E-state index in [4.69, 9.17) is 15.0 Å². The van der Waals surface area contributed by atoms with Crippen molar-refractivity contribution in [3.63, 3.8) is 0 Å². The van der Waals surface area contributed by atoms with Crippen LogP contribution in [0.15, 0.2) is 53.4 Å². The number of halogens is 1. The van der Waals surface area contributed by atoms with Crippen molar-refractivity contribution in [3.05, 3.63) is 76.9 Å². The molecule has 9 heteroatoms. The fourth-order valence-corrected chi connectivity index (χ4v) is 5.14. The first-order valence-electron chi connectivity index (χ1n) is 11.6. The Morgan fingerprint density at radius 1 is 1.18 bits per heavy atom. The second-order valence-corrected chi connectivity index (χ2v) is 10.9. The molecular weight excluding hydrogens is 455 g/mol. The third-order valence-electron chi connectivity index (χ3n) is 6.49. The summed E-state index contributed by atoms with van der Waals surface area (Å²) in [4.78, 5) is 2.08. The van der Waals surface area contributed by atoms with E-state index in [9.17, 15) is 8.42 Å². The lowest BCUT2D eigenvalue weighted by molar-refractivity contribution is -0.0422. The Labute approximate surface area is 199 Å². The third-order valence-corrected chi connectivity index (χ3v) is 7.40. The molecule has 1 unspecified atom stereocenters. The summed E-state index contributed by atoms with van der Waals surface area (Å²) < 4.78 is 45.9. The van der Waals surface area contributed by atoms with Crippen molar-refractivity contribution in [2.24, 2.45) is 11.1 Å². The van der Waals surface area contributed by atoms with Gasteiger partial charge in [-0.15, -0.1) is 0 Å². The second-order valence-electron chi connectivity index (χ2n) is 9.34. The second kappa shape index (κ2) is 9.22. The fraction of sp³-hybridized carbons (Fsp3) is 0.400. The highest BCUT2D eigenvalue weighted by molar-refractivity contribution is 7.89. The molecule has 1 saturated heterocycles. The first kappa shape index (κ1) is 23.2. The lowest BCUT2D eigenvalue weighted by Gasteiger charge is -2.32. The molecular formula is C25H29FN4O3S. The number of aryl methyl sites for hydroxylation is 1. The van der Waals surface area contributed by atoms with Crippen LogP contribution in [-0.2, 0) is 27.7 Å². The average Bonchev–Trinajstić information content (AvgIpc) is 3.56. The number of hydrogen-bond donors (Lipinski definition) is 1. The van der Waals surface area contributed by atoms with Crippen molar-refractivity contribution in [2.75, 3.05) is 19.7 Å². The first-order valence-corrected chi connectivity index (χ1v) is 13.1. The van der Waals surface area contributed by atoms with Crippen molar-refractivity contribution in [1.82, 2.24) is 14.7 Å².